The summed E-state index contributed by atoms with van der Waals surface area (Å²) in [7, 11) is 0. The van der Waals surface area contributed by atoms with Crippen molar-refractivity contribution in [3.05, 3.63) is 35.6 Å². The Morgan fingerprint density at radius 1 is 1.28 bits per heavy atom. The fourth-order valence-electron chi connectivity index (χ4n) is 3.38. The highest BCUT2D eigenvalue weighted by atomic mass is 19.1. The molecule has 2 unspecified atom stereocenters. The lowest BCUT2D eigenvalue weighted by molar-refractivity contribution is -0.142. The third-order valence-corrected chi connectivity index (χ3v) is 5.05. The van der Waals surface area contributed by atoms with Crippen LogP contribution in [0.25, 0.3) is 0 Å². The number of piperidine rings is 1. The number of amides is 2. The molecule has 1 aromatic rings. The van der Waals surface area contributed by atoms with Crippen molar-refractivity contribution >= 4 is 17.8 Å². The predicted molar refractivity (Wildman–Crippen MR) is 86.9 cm³/mol. The van der Waals surface area contributed by atoms with Crippen LogP contribution < -0.4 is 5.32 Å². The van der Waals surface area contributed by atoms with Crippen molar-refractivity contribution in [1.29, 1.82) is 0 Å². The molecule has 4 atom stereocenters. The number of hydrogen-bond donors (Lipinski definition) is 2. The van der Waals surface area contributed by atoms with Crippen LogP contribution >= 0.6 is 0 Å². The van der Waals surface area contributed by atoms with E-state index in [-0.39, 0.29) is 23.7 Å². The van der Waals surface area contributed by atoms with E-state index in [1.54, 1.807) is 17.0 Å². The Morgan fingerprint density at radius 3 is 2.56 bits per heavy atom. The molecule has 2 aliphatic rings. The monoisotopic (exact) mass is 348 g/mol. The van der Waals surface area contributed by atoms with Gasteiger partial charge in [0.05, 0.1) is 17.9 Å². The minimum atomic E-state index is -0.971. The number of benzene rings is 1. The second-order valence-electron chi connectivity index (χ2n) is 6.75. The molecular weight excluding hydrogens is 327 g/mol. The van der Waals surface area contributed by atoms with Crippen LogP contribution in [0.15, 0.2) is 24.3 Å². The van der Waals surface area contributed by atoms with Crippen LogP contribution in [0.3, 0.4) is 0 Å². The number of aliphatic carboxylic acids is 1. The van der Waals surface area contributed by atoms with Crippen molar-refractivity contribution in [2.45, 2.75) is 38.3 Å². The second kappa shape index (κ2) is 6.82. The molecular formula is C18H21FN2O4. The van der Waals surface area contributed by atoms with Gasteiger partial charge in [-0.2, -0.15) is 0 Å². The molecule has 1 saturated carbocycles. The molecule has 2 amide bonds. The number of carbonyl (C=O) groups is 3. The summed E-state index contributed by atoms with van der Waals surface area (Å²) >= 11 is 0. The third-order valence-electron chi connectivity index (χ3n) is 5.05. The van der Waals surface area contributed by atoms with Gasteiger partial charge in [-0.1, -0.05) is 12.1 Å². The van der Waals surface area contributed by atoms with E-state index in [4.69, 9.17) is 5.11 Å². The Kier molecular flexibility index (Phi) is 4.74. The highest BCUT2D eigenvalue weighted by Gasteiger charge is 2.49. The molecule has 25 heavy (non-hydrogen) atoms. The third kappa shape index (κ3) is 3.65. The normalized spacial score (nSPS) is 26.9. The molecule has 2 fully saturated rings. The lowest BCUT2D eigenvalue weighted by Gasteiger charge is -2.37. The molecule has 6 nitrogen and oxygen atoms in total. The first-order chi connectivity index (χ1) is 11.9. The summed E-state index contributed by atoms with van der Waals surface area (Å²) in [4.78, 5) is 37.4. The second-order valence-corrected chi connectivity index (χ2v) is 6.75. The Hall–Kier alpha value is -2.44. The minimum absolute atomic E-state index is 0.177. The number of nitrogens with zero attached hydrogens (tertiary/aromatic N) is 1. The van der Waals surface area contributed by atoms with Crippen molar-refractivity contribution in [3.8, 4) is 0 Å². The summed E-state index contributed by atoms with van der Waals surface area (Å²) in [5, 5.41) is 11.6. The molecule has 1 aromatic carbocycles. The van der Waals surface area contributed by atoms with Gasteiger partial charge in [-0.15, -0.1) is 0 Å². The molecule has 0 spiro atoms. The maximum Gasteiger partial charge on any atom is 0.307 e. The molecule has 1 aliphatic carbocycles. The van der Waals surface area contributed by atoms with Gasteiger partial charge in [0.2, 0.25) is 11.8 Å². The van der Waals surface area contributed by atoms with Gasteiger partial charge in [0.25, 0.3) is 0 Å². The maximum absolute atomic E-state index is 13.1. The van der Waals surface area contributed by atoms with Gasteiger partial charge in [-0.05, 0) is 43.9 Å². The van der Waals surface area contributed by atoms with Gasteiger partial charge in [0, 0.05) is 6.54 Å². The van der Waals surface area contributed by atoms with Crippen LogP contribution in [0.4, 0.5) is 4.39 Å². The van der Waals surface area contributed by atoms with E-state index >= 15 is 0 Å². The Balaban J connectivity index is 1.63. The summed E-state index contributed by atoms with van der Waals surface area (Å²) in [6.07, 6.45) is 1.62. The summed E-state index contributed by atoms with van der Waals surface area (Å²) in [6, 6.07) is 5.17. The van der Waals surface area contributed by atoms with E-state index in [9.17, 15) is 18.8 Å². The van der Waals surface area contributed by atoms with E-state index < -0.39 is 23.8 Å². The number of halogens is 1. The van der Waals surface area contributed by atoms with E-state index in [0.717, 1.165) is 12.0 Å². The Morgan fingerprint density at radius 2 is 1.96 bits per heavy atom. The highest BCUT2D eigenvalue weighted by Crippen LogP contribution is 2.39. The summed E-state index contributed by atoms with van der Waals surface area (Å²) in [5.74, 6) is -3.00. The molecule has 134 valence electrons. The van der Waals surface area contributed by atoms with Crippen molar-refractivity contribution in [2.24, 2.45) is 11.8 Å². The molecule has 7 heteroatoms. The van der Waals surface area contributed by atoms with E-state index in [2.05, 4.69) is 5.32 Å². The minimum Gasteiger partial charge on any atom is -0.481 e. The topological polar surface area (TPSA) is 86.7 Å². The fourth-order valence-corrected chi connectivity index (χ4v) is 3.38. The van der Waals surface area contributed by atoms with Crippen molar-refractivity contribution < 1.29 is 23.9 Å². The largest absolute Gasteiger partial charge is 0.481 e. The maximum atomic E-state index is 13.1. The predicted octanol–water partition coefficient (Wildman–Crippen LogP) is 1.71. The average molecular weight is 348 g/mol. The summed E-state index contributed by atoms with van der Waals surface area (Å²) in [5.41, 5.74) is 0.829. The molecule has 1 heterocycles. The zero-order valence-corrected chi connectivity index (χ0v) is 13.9. The highest BCUT2D eigenvalue weighted by molar-refractivity contribution is 5.93. The van der Waals surface area contributed by atoms with Gasteiger partial charge in [0.15, 0.2) is 0 Å². The van der Waals surface area contributed by atoms with Crippen LogP contribution in [-0.2, 0) is 14.4 Å². The molecule has 2 N–H and O–H groups in total. The summed E-state index contributed by atoms with van der Waals surface area (Å²) < 4.78 is 13.1. The van der Waals surface area contributed by atoms with Crippen LogP contribution in [0.1, 0.15) is 37.8 Å². The van der Waals surface area contributed by atoms with Crippen molar-refractivity contribution in [1.82, 2.24) is 10.2 Å². The first-order valence-electron chi connectivity index (χ1n) is 8.47. The van der Waals surface area contributed by atoms with Crippen LogP contribution in [0, 0.1) is 17.7 Å². The Labute approximate surface area is 145 Å². The van der Waals surface area contributed by atoms with E-state index in [0.29, 0.717) is 19.4 Å². The lowest BCUT2D eigenvalue weighted by Crippen LogP contribution is -2.53. The first-order valence-corrected chi connectivity index (χ1v) is 8.47. The smallest absolute Gasteiger partial charge is 0.307 e. The number of carboxylic acid groups (broad SMARTS) is 1. The standard InChI is InChI=1S/C18H21FN2O4/c1-10(11-4-6-12(19)7-5-11)21-8-2-3-15(17(21)23)20-16(22)13-9-14(13)18(24)25/h4-7,10,13-15H,2-3,8-9H2,1H3,(H,20,22)(H,24,25)/t10?,13-,14+,15?/m1/s1. The van der Waals surface area contributed by atoms with Gasteiger partial charge in [0.1, 0.15) is 11.9 Å². The number of rotatable bonds is 5. The van der Waals surface area contributed by atoms with Gasteiger partial charge in [-0.25, -0.2) is 4.39 Å². The number of carbonyl (C=O) groups excluding carboxylic acids is 2. The Bertz CT molecular complexity index is 691. The van der Waals surface area contributed by atoms with Crippen molar-refractivity contribution in [2.75, 3.05) is 6.54 Å². The van der Waals surface area contributed by atoms with Crippen LogP contribution in [0.2, 0.25) is 0 Å². The van der Waals surface area contributed by atoms with E-state index in [1.165, 1.54) is 12.1 Å². The zero-order valence-electron chi connectivity index (χ0n) is 13.9. The van der Waals surface area contributed by atoms with Crippen LogP contribution in [0.5, 0.6) is 0 Å². The van der Waals surface area contributed by atoms with Gasteiger partial charge in [-0.3, -0.25) is 14.4 Å². The molecule has 1 aliphatic heterocycles. The van der Waals surface area contributed by atoms with E-state index in [1.807, 2.05) is 6.92 Å². The number of hydrogen-bond acceptors (Lipinski definition) is 3. The molecule has 0 bridgehead atoms. The van der Waals surface area contributed by atoms with Crippen molar-refractivity contribution in [3.63, 3.8) is 0 Å². The number of nitrogens with one attached hydrogen (secondary N) is 1. The number of carboxylic acids is 1. The molecule has 0 radical (unpaired) electrons. The zero-order chi connectivity index (χ0) is 18.1. The molecule has 1 saturated heterocycles. The van der Waals surface area contributed by atoms with Gasteiger partial charge < -0.3 is 15.3 Å². The molecule has 3 rings (SSSR count). The number of likely N-dealkylation sites (tertiary alicyclic amines) is 1. The first kappa shape index (κ1) is 17.4. The fraction of sp³-hybridized carbons (Fsp3) is 0.500. The SMILES string of the molecule is CC(c1ccc(F)cc1)N1CCCC(NC(=O)[C@@H]2C[C@@H]2C(=O)O)C1=O. The average Bonchev–Trinajstić information content (AvgIpc) is 3.38. The summed E-state index contributed by atoms with van der Waals surface area (Å²) in [6.45, 7) is 2.45. The van der Waals surface area contributed by atoms with Crippen LogP contribution in [-0.4, -0.2) is 40.4 Å². The lowest BCUT2D eigenvalue weighted by atomic mass is 9.99. The quantitative estimate of drug-likeness (QED) is 0.848. The molecule has 0 aromatic heterocycles. The van der Waals surface area contributed by atoms with Gasteiger partial charge >= 0.3 is 5.97 Å².